The normalized spacial score (nSPS) is 14.2. The fourth-order valence-corrected chi connectivity index (χ4v) is 4.19. The number of pyridine rings is 1. The lowest BCUT2D eigenvalue weighted by atomic mass is 10.1. The molecular weight excluding hydrogens is 433 g/mol. The molecule has 0 saturated carbocycles. The number of fused-ring (bicyclic) bond motifs is 1. The molecule has 0 radical (unpaired) electrons. The van der Waals surface area contributed by atoms with E-state index in [1.807, 2.05) is 42.2 Å². The number of carbonyl (C=O) groups excluding carboxylic acids is 2. The Morgan fingerprint density at radius 1 is 1.03 bits per heavy atom. The minimum absolute atomic E-state index is 0.126. The highest BCUT2D eigenvalue weighted by Crippen LogP contribution is 2.22. The molecule has 2 aromatic carbocycles. The Labute approximate surface area is 199 Å². The fraction of sp³-hybridized carbons (Fsp3) is 0.346. The van der Waals surface area contributed by atoms with Crippen LogP contribution in [0, 0.1) is 12.7 Å². The molecule has 8 heteroatoms. The number of aromatic nitrogens is 1. The van der Waals surface area contributed by atoms with Gasteiger partial charge in [0, 0.05) is 56.8 Å². The van der Waals surface area contributed by atoms with Gasteiger partial charge in [-0.25, -0.2) is 9.18 Å². The van der Waals surface area contributed by atoms with Gasteiger partial charge in [0.1, 0.15) is 5.82 Å². The van der Waals surface area contributed by atoms with Crippen LogP contribution < -0.4 is 10.6 Å². The Kier molecular flexibility index (Phi) is 7.69. The Hall–Kier alpha value is -3.52. The second kappa shape index (κ2) is 11.1. The number of halogens is 1. The number of hydrogen-bond acceptors (Lipinski definition) is 4. The highest BCUT2D eigenvalue weighted by molar-refractivity contribution is 6.00. The Bertz CT molecular complexity index is 1140. The summed E-state index contributed by atoms with van der Waals surface area (Å²) in [6, 6.07) is 15.6. The summed E-state index contributed by atoms with van der Waals surface area (Å²) in [5, 5.41) is 6.76. The largest absolute Gasteiger partial charge is 0.340 e. The van der Waals surface area contributed by atoms with Gasteiger partial charge in [0.25, 0.3) is 0 Å². The zero-order valence-electron chi connectivity index (χ0n) is 19.4. The molecule has 7 nitrogen and oxygen atoms in total. The van der Waals surface area contributed by atoms with E-state index in [2.05, 4.69) is 20.5 Å². The lowest BCUT2D eigenvalue weighted by Crippen LogP contribution is -2.50. The average Bonchev–Trinajstić information content (AvgIpc) is 2.84. The number of para-hydroxylation sites is 1. The summed E-state index contributed by atoms with van der Waals surface area (Å²) in [6.45, 7) is 6.06. The van der Waals surface area contributed by atoms with Gasteiger partial charge in [-0.15, -0.1) is 0 Å². The number of nitrogens with one attached hydrogen (secondary N) is 2. The van der Waals surface area contributed by atoms with Crippen LogP contribution in [0.3, 0.4) is 0 Å². The maximum absolute atomic E-state index is 13.0. The summed E-state index contributed by atoms with van der Waals surface area (Å²) < 4.78 is 13.0. The molecule has 2 N–H and O–H groups in total. The second-order valence-corrected chi connectivity index (χ2v) is 8.56. The molecule has 34 heavy (non-hydrogen) atoms. The van der Waals surface area contributed by atoms with E-state index >= 15 is 0 Å². The first kappa shape index (κ1) is 23.6. The molecule has 1 aromatic heterocycles. The molecule has 4 rings (SSSR count). The van der Waals surface area contributed by atoms with Crippen LogP contribution >= 0.6 is 0 Å². The van der Waals surface area contributed by atoms with Crippen molar-refractivity contribution in [3.05, 3.63) is 71.7 Å². The van der Waals surface area contributed by atoms with Crippen LogP contribution in [-0.2, 0) is 11.2 Å². The first-order valence-corrected chi connectivity index (χ1v) is 11.6. The van der Waals surface area contributed by atoms with Crippen molar-refractivity contribution >= 4 is 28.5 Å². The molecule has 0 spiro atoms. The van der Waals surface area contributed by atoms with E-state index in [1.165, 1.54) is 12.1 Å². The number of carbonyl (C=O) groups is 2. The van der Waals surface area contributed by atoms with E-state index in [0.717, 1.165) is 47.5 Å². The van der Waals surface area contributed by atoms with Gasteiger partial charge < -0.3 is 15.5 Å². The highest BCUT2D eigenvalue weighted by Gasteiger charge is 2.20. The number of nitrogens with zero attached hydrogens (tertiary/aromatic N) is 3. The molecule has 0 bridgehead atoms. The number of anilines is 1. The number of piperazine rings is 1. The van der Waals surface area contributed by atoms with Crippen molar-refractivity contribution in [1.82, 2.24) is 20.1 Å². The predicted molar refractivity (Wildman–Crippen MR) is 131 cm³/mol. The smallest absolute Gasteiger partial charge is 0.319 e. The van der Waals surface area contributed by atoms with Gasteiger partial charge in [0.15, 0.2) is 0 Å². The van der Waals surface area contributed by atoms with Crippen molar-refractivity contribution in [1.29, 1.82) is 0 Å². The summed E-state index contributed by atoms with van der Waals surface area (Å²) in [7, 11) is 0. The van der Waals surface area contributed by atoms with Gasteiger partial charge in [-0.1, -0.05) is 30.3 Å². The van der Waals surface area contributed by atoms with Crippen LogP contribution in [-0.4, -0.2) is 66.0 Å². The van der Waals surface area contributed by atoms with E-state index in [9.17, 15) is 14.0 Å². The van der Waals surface area contributed by atoms with Crippen LogP contribution in [0.15, 0.2) is 54.6 Å². The van der Waals surface area contributed by atoms with E-state index in [0.29, 0.717) is 32.5 Å². The highest BCUT2D eigenvalue weighted by atomic mass is 19.1. The van der Waals surface area contributed by atoms with Crippen LogP contribution in [0.5, 0.6) is 0 Å². The van der Waals surface area contributed by atoms with Crippen molar-refractivity contribution < 1.29 is 14.0 Å². The monoisotopic (exact) mass is 463 g/mol. The number of aryl methyl sites for hydroxylation is 2. The maximum Gasteiger partial charge on any atom is 0.319 e. The first-order valence-electron chi connectivity index (χ1n) is 11.6. The Morgan fingerprint density at radius 2 is 1.76 bits per heavy atom. The van der Waals surface area contributed by atoms with Crippen LogP contribution in [0.25, 0.3) is 10.9 Å². The first-order chi connectivity index (χ1) is 16.5. The fourth-order valence-electron chi connectivity index (χ4n) is 4.19. The van der Waals surface area contributed by atoms with Crippen molar-refractivity contribution in [2.24, 2.45) is 0 Å². The zero-order valence-corrected chi connectivity index (χ0v) is 19.4. The van der Waals surface area contributed by atoms with Crippen molar-refractivity contribution in [3.8, 4) is 0 Å². The van der Waals surface area contributed by atoms with E-state index in [1.54, 1.807) is 12.1 Å². The van der Waals surface area contributed by atoms with Gasteiger partial charge in [0.05, 0.1) is 11.2 Å². The number of amides is 3. The minimum atomic E-state index is -0.265. The van der Waals surface area contributed by atoms with Crippen molar-refractivity contribution in [2.45, 2.75) is 19.8 Å². The number of rotatable bonds is 7. The Balaban J connectivity index is 1.16. The van der Waals surface area contributed by atoms with Gasteiger partial charge in [0.2, 0.25) is 5.91 Å². The maximum atomic E-state index is 13.0. The second-order valence-electron chi connectivity index (χ2n) is 8.56. The summed E-state index contributed by atoms with van der Waals surface area (Å²) in [4.78, 5) is 33.6. The van der Waals surface area contributed by atoms with Crippen molar-refractivity contribution in [2.75, 3.05) is 44.6 Å². The molecule has 0 atom stereocenters. The number of hydrogen-bond donors (Lipinski definition) is 2. The molecule has 1 aliphatic heterocycles. The zero-order chi connectivity index (χ0) is 23.9. The van der Waals surface area contributed by atoms with Crippen LogP contribution in [0.4, 0.5) is 14.9 Å². The van der Waals surface area contributed by atoms with Gasteiger partial charge in [-0.3, -0.25) is 14.7 Å². The summed E-state index contributed by atoms with van der Waals surface area (Å²) in [5.41, 5.74) is 3.41. The number of benzene rings is 2. The Morgan fingerprint density at radius 3 is 2.53 bits per heavy atom. The topological polar surface area (TPSA) is 77.6 Å². The standard InChI is InChI=1S/C26H30FN5O2/c1-19-18-24(22-4-2-3-5-23(22)29-19)30-26(34)28-12-13-31-14-16-32(17-15-31)25(33)11-8-20-6-9-21(27)10-7-20/h2-7,9-10,18H,8,11-17H2,1H3,(H2,28,29,30,34). The van der Waals surface area contributed by atoms with E-state index < -0.39 is 0 Å². The molecule has 1 aliphatic rings. The summed E-state index contributed by atoms with van der Waals surface area (Å²) in [6.07, 6.45) is 1.04. The lowest BCUT2D eigenvalue weighted by Gasteiger charge is -2.34. The third-order valence-electron chi connectivity index (χ3n) is 6.07. The average molecular weight is 464 g/mol. The SMILES string of the molecule is Cc1cc(NC(=O)NCCN2CCN(C(=O)CCc3ccc(F)cc3)CC2)c2ccccc2n1. The summed E-state index contributed by atoms with van der Waals surface area (Å²) >= 11 is 0. The summed E-state index contributed by atoms with van der Waals surface area (Å²) in [5.74, 6) is -0.138. The molecular formula is C26H30FN5O2. The minimum Gasteiger partial charge on any atom is -0.340 e. The molecule has 3 amide bonds. The molecule has 2 heterocycles. The molecule has 1 saturated heterocycles. The van der Waals surface area contributed by atoms with E-state index in [4.69, 9.17) is 0 Å². The third kappa shape index (κ3) is 6.29. The molecule has 178 valence electrons. The van der Waals surface area contributed by atoms with Crippen LogP contribution in [0.1, 0.15) is 17.7 Å². The number of urea groups is 1. The van der Waals surface area contributed by atoms with Crippen molar-refractivity contribution in [3.63, 3.8) is 0 Å². The van der Waals surface area contributed by atoms with E-state index in [-0.39, 0.29) is 17.8 Å². The lowest BCUT2D eigenvalue weighted by molar-refractivity contribution is -0.132. The molecule has 3 aromatic rings. The molecule has 0 unspecified atom stereocenters. The van der Waals surface area contributed by atoms with Gasteiger partial charge in [-0.05, 0) is 43.2 Å². The third-order valence-corrected chi connectivity index (χ3v) is 6.07. The van der Waals surface area contributed by atoms with Gasteiger partial charge >= 0.3 is 6.03 Å². The van der Waals surface area contributed by atoms with Gasteiger partial charge in [-0.2, -0.15) is 0 Å². The molecule has 1 fully saturated rings. The predicted octanol–water partition coefficient (Wildman–Crippen LogP) is 3.58. The quantitative estimate of drug-likeness (QED) is 0.562. The van der Waals surface area contributed by atoms with Crippen LogP contribution in [0.2, 0.25) is 0 Å². The molecule has 0 aliphatic carbocycles.